The zero-order valence-electron chi connectivity index (χ0n) is 14.2. The molecule has 0 fully saturated rings. The summed E-state index contributed by atoms with van der Waals surface area (Å²) >= 11 is 6.11. The third kappa shape index (κ3) is 3.48. The molecule has 1 aromatic heterocycles. The van der Waals surface area contributed by atoms with Crippen molar-refractivity contribution < 1.29 is 13.2 Å². The SMILES string of the molecule is O=C(Nc1ccccc1Cl)c1nn(-c2ccccc2)c2c1CS(=O)(=O)CC2. The maximum Gasteiger partial charge on any atom is 0.276 e. The number of sulfone groups is 1. The number of amides is 1. The van der Waals surface area contributed by atoms with Crippen molar-refractivity contribution >= 4 is 33.0 Å². The van der Waals surface area contributed by atoms with Crippen LogP contribution >= 0.6 is 11.6 Å². The van der Waals surface area contributed by atoms with E-state index in [0.29, 0.717) is 22.7 Å². The number of carbonyl (C=O) groups is 1. The van der Waals surface area contributed by atoms with Crippen LogP contribution in [0.25, 0.3) is 5.69 Å². The molecule has 0 saturated carbocycles. The van der Waals surface area contributed by atoms with E-state index in [9.17, 15) is 13.2 Å². The Hall–Kier alpha value is -2.64. The fourth-order valence-electron chi connectivity index (χ4n) is 3.15. The average Bonchev–Trinajstić information content (AvgIpc) is 3.02. The molecule has 4 rings (SSSR count). The molecule has 0 bridgehead atoms. The topological polar surface area (TPSA) is 81.1 Å². The first-order valence-corrected chi connectivity index (χ1v) is 10.6. The molecule has 0 radical (unpaired) electrons. The second-order valence-corrected chi connectivity index (χ2v) is 8.89. The molecule has 3 aromatic rings. The number of para-hydroxylation sites is 2. The highest BCUT2D eigenvalue weighted by molar-refractivity contribution is 7.90. The quantitative estimate of drug-likeness (QED) is 0.730. The molecule has 0 saturated heterocycles. The lowest BCUT2D eigenvalue weighted by Gasteiger charge is -2.15. The van der Waals surface area contributed by atoms with E-state index in [1.807, 2.05) is 30.3 Å². The highest BCUT2D eigenvalue weighted by Crippen LogP contribution is 2.28. The van der Waals surface area contributed by atoms with E-state index < -0.39 is 15.7 Å². The maximum absolute atomic E-state index is 12.9. The van der Waals surface area contributed by atoms with Gasteiger partial charge in [0.05, 0.1) is 33.6 Å². The number of aromatic nitrogens is 2. The summed E-state index contributed by atoms with van der Waals surface area (Å²) in [5, 5.41) is 7.58. The lowest BCUT2D eigenvalue weighted by atomic mass is 10.1. The van der Waals surface area contributed by atoms with E-state index in [4.69, 9.17) is 11.6 Å². The number of carbonyl (C=O) groups excluding carboxylic acids is 1. The fourth-order valence-corrected chi connectivity index (χ4v) is 4.72. The van der Waals surface area contributed by atoms with Gasteiger partial charge in [0.25, 0.3) is 5.91 Å². The molecule has 0 unspecified atom stereocenters. The van der Waals surface area contributed by atoms with Crippen LogP contribution in [0.5, 0.6) is 0 Å². The summed E-state index contributed by atoms with van der Waals surface area (Å²) in [6.45, 7) is 0. The van der Waals surface area contributed by atoms with Crippen molar-refractivity contribution in [2.75, 3.05) is 11.1 Å². The molecule has 1 aliphatic rings. The highest BCUT2D eigenvalue weighted by atomic mass is 35.5. The molecule has 6 nitrogen and oxygen atoms in total. The van der Waals surface area contributed by atoms with E-state index in [1.54, 1.807) is 28.9 Å². The number of fused-ring (bicyclic) bond motifs is 1. The van der Waals surface area contributed by atoms with Crippen LogP contribution in [0.15, 0.2) is 54.6 Å². The van der Waals surface area contributed by atoms with Gasteiger partial charge in [0, 0.05) is 12.0 Å². The van der Waals surface area contributed by atoms with Crippen LogP contribution in [0.2, 0.25) is 5.02 Å². The van der Waals surface area contributed by atoms with Crippen molar-refractivity contribution in [3.8, 4) is 5.69 Å². The summed E-state index contributed by atoms with van der Waals surface area (Å²) in [5.74, 6) is -0.629. The summed E-state index contributed by atoms with van der Waals surface area (Å²) in [4.78, 5) is 12.9. The number of benzene rings is 2. The minimum Gasteiger partial charge on any atom is -0.319 e. The number of nitrogens with zero attached hydrogens (tertiary/aromatic N) is 2. The van der Waals surface area contributed by atoms with Crippen LogP contribution in [-0.4, -0.2) is 29.9 Å². The summed E-state index contributed by atoms with van der Waals surface area (Å²) < 4.78 is 26.0. The molecule has 138 valence electrons. The molecule has 0 atom stereocenters. The fraction of sp³-hybridized carbons (Fsp3) is 0.158. The lowest BCUT2D eigenvalue weighted by Crippen LogP contribution is -2.22. The highest BCUT2D eigenvalue weighted by Gasteiger charge is 2.31. The predicted molar refractivity (Wildman–Crippen MR) is 104 cm³/mol. The predicted octanol–water partition coefficient (Wildman–Crippen LogP) is 3.25. The Bertz CT molecular complexity index is 1120. The second kappa shape index (κ2) is 6.83. The number of hydrogen-bond donors (Lipinski definition) is 1. The first kappa shape index (κ1) is 17.8. The van der Waals surface area contributed by atoms with Gasteiger partial charge in [0.15, 0.2) is 15.5 Å². The van der Waals surface area contributed by atoms with E-state index in [1.165, 1.54) is 0 Å². The van der Waals surface area contributed by atoms with Gasteiger partial charge in [-0.25, -0.2) is 13.1 Å². The number of nitrogens with one attached hydrogen (secondary N) is 1. The van der Waals surface area contributed by atoms with Crippen molar-refractivity contribution in [2.24, 2.45) is 0 Å². The standard InChI is InChI=1S/C19H16ClN3O3S/c20-15-8-4-5-9-16(15)21-19(24)18-14-12-27(25,26)11-10-17(14)23(22-18)13-6-2-1-3-7-13/h1-9H,10-12H2,(H,21,24). The van der Waals surface area contributed by atoms with Crippen molar-refractivity contribution in [3.63, 3.8) is 0 Å². The van der Waals surface area contributed by atoms with E-state index in [0.717, 1.165) is 11.4 Å². The number of rotatable bonds is 3. The molecular formula is C19H16ClN3O3S. The minimum absolute atomic E-state index is 0.0457. The van der Waals surface area contributed by atoms with Crippen molar-refractivity contribution in [1.29, 1.82) is 0 Å². The lowest BCUT2D eigenvalue weighted by molar-refractivity contribution is 0.102. The van der Waals surface area contributed by atoms with E-state index in [2.05, 4.69) is 10.4 Å². The summed E-state index contributed by atoms with van der Waals surface area (Å²) in [7, 11) is -3.26. The largest absolute Gasteiger partial charge is 0.319 e. The Morgan fingerprint density at radius 2 is 1.78 bits per heavy atom. The first-order chi connectivity index (χ1) is 12.9. The van der Waals surface area contributed by atoms with E-state index >= 15 is 0 Å². The van der Waals surface area contributed by atoms with Gasteiger partial charge in [-0.2, -0.15) is 5.10 Å². The Labute approximate surface area is 161 Å². The smallest absolute Gasteiger partial charge is 0.276 e. The maximum atomic E-state index is 12.9. The van der Waals surface area contributed by atoms with Gasteiger partial charge in [0.1, 0.15) is 0 Å². The van der Waals surface area contributed by atoms with Gasteiger partial charge in [-0.05, 0) is 24.3 Å². The molecule has 1 N–H and O–H groups in total. The Kier molecular flexibility index (Phi) is 4.49. The molecular weight excluding hydrogens is 386 g/mol. The van der Waals surface area contributed by atoms with Crippen LogP contribution < -0.4 is 5.32 Å². The summed E-state index contributed by atoms with van der Waals surface area (Å²) in [6, 6.07) is 16.2. The minimum atomic E-state index is -3.26. The van der Waals surface area contributed by atoms with Crippen LogP contribution in [0.1, 0.15) is 21.7 Å². The number of anilines is 1. The zero-order chi connectivity index (χ0) is 19.0. The molecule has 1 amide bonds. The molecule has 2 heterocycles. The van der Waals surface area contributed by atoms with Gasteiger partial charge in [-0.1, -0.05) is 41.9 Å². The molecule has 0 spiro atoms. The van der Waals surface area contributed by atoms with E-state index in [-0.39, 0.29) is 17.2 Å². The summed E-state index contributed by atoms with van der Waals surface area (Å²) in [6.07, 6.45) is 0.318. The van der Waals surface area contributed by atoms with Gasteiger partial charge in [-0.3, -0.25) is 4.79 Å². The van der Waals surface area contributed by atoms with Crippen LogP contribution in [0.4, 0.5) is 5.69 Å². The monoisotopic (exact) mass is 401 g/mol. The second-order valence-electron chi connectivity index (χ2n) is 6.30. The van der Waals surface area contributed by atoms with Crippen molar-refractivity contribution in [1.82, 2.24) is 9.78 Å². The van der Waals surface area contributed by atoms with Gasteiger partial charge in [-0.15, -0.1) is 0 Å². The van der Waals surface area contributed by atoms with Crippen molar-refractivity contribution in [3.05, 3.63) is 76.6 Å². The molecule has 2 aromatic carbocycles. The number of halogens is 1. The molecule has 8 heteroatoms. The van der Waals surface area contributed by atoms with Gasteiger partial charge < -0.3 is 5.32 Å². The van der Waals surface area contributed by atoms with Gasteiger partial charge in [0.2, 0.25) is 0 Å². The third-order valence-corrected chi connectivity index (χ3v) is 6.33. The summed E-state index contributed by atoms with van der Waals surface area (Å²) in [5.41, 5.74) is 2.54. The van der Waals surface area contributed by atoms with Crippen LogP contribution in [0, 0.1) is 0 Å². The zero-order valence-corrected chi connectivity index (χ0v) is 15.8. The van der Waals surface area contributed by atoms with Crippen LogP contribution in [0.3, 0.4) is 0 Å². The Morgan fingerprint density at radius 3 is 2.52 bits per heavy atom. The first-order valence-electron chi connectivity index (χ1n) is 8.37. The normalized spacial score (nSPS) is 15.1. The third-order valence-electron chi connectivity index (χ3n) is 4.44. The Morgan fingerprint density at radius 1 is 1.07 bits per heavy atom. The Balaban J connectivity index is 1.79. The molecule has 1 aliphatic heterocycles. The number of hydrogen-bond acceptors (Lipinski definition) is 4. The average molecular weight is 402 g/mol. The van der Waals surface area contributed by atoms with Gasteiger partial charge >= 0.3 is 0 Å². The molecule has 27 heavy (non-hydrogen) atoms. The molecule has 0 aliphatic carbocycles. The van der Waals surface area contributed by atoms with Crippen molar-refractivity contribution in [2.45, 2.75) is 12.2 Å². The van der Waals surface area contributed by atoms with Crippen LogP contribution in [-0.2, 0) is 22.0 Å².